The predicted octanol–water partition coefficient (Wildman–Crippen LogP) is 4.25. The van der Waals surface area contributed by atoms with E-state index in [-0.39, 0.29) is 12.0 Å². The number of carbonyl (C=O) groups excluding carboxylic acids is 1. The Bertz CT molecular complexity index is 1070. The second-order valence-electron chi connectivity index (χ2n) is 8.72. The summed E-state index contributed by atoms with van der Waals surface area (Å²) in [4.78, 5) is 27.6. The molecule has 1 saturated heterocycles. The fraction of sp³-hybridized carbons (Fsp3) is 0.417. The summed E-state index contributed by atoms with van der Waals surface area (Å²) >= 11 is 0. The lowest BCUT2D eigenvalue weighted by atomic mass is 9.91. The minimum atomic E-state index is -1.05. The zero-order chi connectivity index (χ0) is 22.2. The molecule has 1 N–H and O–H groups in total. The zero-order valence-electron chi connectivity index (χ0n) is 18.4. The van der Waals surface area contributed by atoms with Crippen molar-refractivity contribution in [3.63, 3.8) is 0 Å². The molecule has 1 fully saturated rings. The Labute approximate surface area is 182 Å². The van der Waals surface area contributed by atoms with Gasteiger partial charge in [0.05, 0.1) is 11.5 Å². The Kier molecular flexibility index (Phi) is 5.62. The van der Waals surface area contributed by atoms with Crippen LogP contribution in [0.1, 0.15) is 67.2 Å². The molecular weight excluding hydrogens is 392 g/mol. The molecule has 2 aromatic heterocycles. The molecule has 0 spiro atoms. The normalized spacial score (nSPS) is 19.5. The SMILES string of the molecule is Cc1oc(C2CCC(C)N(c3cccc(C=O)c3-c3ncccn3)C2)nc1C(C)(C)O. The fourth-order valence-electron chi connectivity index (χ4n) is 4.37. The van der Waals surface area contributed by atoms with E-state index in [1.807, 2.05) is 19.1 Å². The van der Waals surface area contributed by atoms with Gasteiger partial charge in [0, 0.05) is 36.2 Å². The molecule has 162 valence electrons. The highest BCUT2D eigenvalue weighted by molar-refractivity contribution is 5.92. The Morgan fingerprint density at radius 2 is 1.94 bits per heavy atom. The highest BCUT2D eigenvalue weighted by Gasteiger charge is 2.33. The van der Waals surface area contributed by atoms with Crippen molar-refractivity contribution in [2.45, 2.75) is 58.1 Å². The summed E-state index contributed by atoms with van der Waals surface area (Å²) in [5, 5.41) is 10.4. The molecule has 1 aliphatic rings. The Morgan fingerprint density at radius 1 is 1.19 bits per heavy atom. The summed E-state index contributed by atoms with van der Waals surface area (Å²) in [5.74, 6) is 1.91. The van der Waals surface area contributed by atoms with E-state index in [4.69, 9.17) is 4.42 Å². The summed E-state index contributed by atoms with van der Waals surface area (Å²) < 4.78 is 5.98. The monoisotopic (exact) mass is 420 g/mol. The molecule has 7 heteroatoms. The van der Waals surface area contributed by atoms with Gasteiger partial charge in [-0.3, -0.25) is 4.79 Å². The van der Waals surface area contributed by atoms with Crippen molar-refractivity contribution in [1.82, 2.24) is 15.0 Å². The average molecular weight is 421 g/mol. The van der Waals surface area contributed by atoms with Gasteiger partial charge in [-0.1, -0.05) is 12.1 Å². The fourth-order valence-corrected chi connectivity index (χ4v) is 4.37. The summed E-state index contributed by atoms with van der Waals surface area (Å²) in [5.41, 5.74) is 1.76. The number of hydrogen-bond acceptors (Lipinski definition) is 7. The molecule has 0 bridgehead atoms. The van der Waals surface area contributed by atoms with E-state index in [9.17, 15) is 9.90 Å². The molecule has 0 amide bonds. The third-order valence-electron chi connectivity index (χ3n) is 5.92. The maximum absolute atomic E-state index is 11.8. The van der Waals surface area contributed by atoms with Gasteiger partial charge in [-0.05, 0) is 52.7 Å². The number of nitrogens with zero attached hydrogens (tertiary/aromatic N) is 4. The minimum absolute atomic E-state index is 0.0791. The van der Waals surface area contributed by atoms with Gasteiger partial charge in [-0.2, -0.15) is 0 Å². The van der Waals surface area contributed by atoms with Crippen molar-refractivity contribution in [3.05, 3.63) is 59.6 Å². The lowest BCUT2D eigenvalue weighted by molar-refractivity contribution is 0.0728. The van der Waals surface area contributed by atoms with E-state index < -0.39 is 5.60 Å². The number of benzene rings is 1. The summed E-state index contributed by atoms with van der Waals surface area (Å²) in [6.45, 7) is 8.14. The molecular formula is C24H28N4O3. The molecule has 2 atom stereocenters. The Hall–Kier alpha value is -3.06. The number of anilines is 1. The number of hydrogen-bond donors (Lipinski definition) is 1. The molecule has 1 aromatic carbocycles. The summed E-state index contributed by atoms with van der Waals surface area (Å²) in [6, 6.07) is 7.73. The van der Waals surface area contributed by atoms with Gasteiger partial charge >= 0.3 is 0 Å². The lowest BCUT2D eigenvalue weighted by Gasteiger charge is -2.39. The van der Waals surface area contributed by atoms with E-state index in [1.54, 1.807) is 38.4 Å². The molecule has 1 aliphatic heterocycles. The number of aldehydes is 1. The first-order valence-electron chi connectivity index (χ1n) is 10.6. The van der Waals surface area contributed by atoms with Crippen molar-refractivity contribution < 1.29 is 14.3 Å². The van der Waals surface area contributed by atoms with Crippen molar-refractivity contribution in [3.8, 4) is 11.4 Å². The molecule has 3 heterocycles. The highest BCUT2D eigenvalue weighted by atomic mass is 16.4. The van der Waals surface area contributed by atoms with Crippen LogP contribution < -0.4 is 4.90 Å². The van der Waals surface area contributed by atoms with Crippen LogP contribution in [0.5, 0.6) is 0 Å². The Balaban J connectivity index is 1.73. The molecule has 0 saturated carbocycles. The lowest BCUT2D eigenvalue weighted by Crippen LogP contribution is -2.41. The van der Waals surface area contributed by atoms with Gasteiger partial charge < -0.3 is 14.4 Å². The number of aliphatic hydroxyl groups is 1. The minimum Gasteiger partial charge on any atom is -0.445 e. The van der Waals surface area contributed by atoms with Crippen LogP contribution in [0.4, 0.5) is 5.69 Å². The maximum atomic E-state index is 11.8. The highest BCUT2D eigenvalue weighted by Crippen LogP contribution is 2.39. The zero-order valence-corrected chi connectivity index (χ0v) is 18.4. The first-order valence-corrected chi connectivity index (χ1v) is 10.6. The molecule has 3 aromatic rings. The quantitative estimate of drug-likeness (QED) is 0.617. The second-order valence-corrected chi connectivity index (χ2v) is 8.72. The first-order chi connectivity index (χ1) is 14.8. The third-order valence-corrected chi connectivity index (χ3v) is 5.92. The molecule has 7 nitrogen and oxygen atoms in total. The number of rotatable bonds is 5. The van der Waals surface area contributed by atoms with E-state index in [2.05, 4.69) is 26.8 Å². The molecule has 31 heavy (non-hydrogen) atoms. The number of oxazole rings is 1. The number of aryl methyl sites for hydroxylation is 1. The van der Waals surface area contributed by atoms with Gasteiger partial charge in [0.2, 0.25) is 0 Å². The van der Waals surface area contributed by atoms with Crippen LogP contribution in [0.15, 0.2) is 41.1 Å². The van der Waals surface area contributed by atoms with Gasteiger partial charge in [0.25, 0.3) is 0 Å². The molecule has 0 aliphatic carbocycles. The topological polar surface area (TPSA) is 92.4 Å². The van der Waals surface area contributed by atoms with Crippen LogP contribution in [0, 0.1) is 6.92 Å². The largest absolute Gasteiger partial charge is 0.445 e. The van der Waals surface area contributed by atoms with Gasteiger partial charge in [0.15, 0.2) is 18.0 Å². The average Bonchev–Trinajstić information content (AvgIpc) is 3.16. The number of aromatic nitrogens is 3. The predicted molar refractivity (Wildman–Crippen MR) is 118 cm³/mol. The van der Waals surface area contributed by atoms with Crippen LogP contribution in [0.2, 0.25) is 0 Å². The summed E-state index contributed by atoms with van der Waals surface area (Å²) in [6.07, 6.45) is 6.11. The van der Waals surface area contributed by atoms with Crippen LogP contribution in [-0.4, -0.2) is 38.9 Å². The van der Waals surface area contributed by atoms with Crippen LogP contribution in [0.3, 0.4) is 0 Å². The van der Waals surface area contributed by atoms with Crippen LogP contribution >= 0.6 is 0 Å². The van der Waals surface area contributed by atoms with Gasteiger partial charge in [-0.25, -0.2) is 15.0 Å². The standard InChI is InChI=1S/C24H28N4O3/c1-15-9-10-17(23-27-21(16(2)31-23)24(3,4)30)13-28(15)19-8-5-7-18(14-29)20(19)22-25-11-6-12-26-22/h5-8,11-12,14-15,17,30H,9-10,13H2,1-4H3. The van der Waals surface area contributed by atoms with E-state index in [1.165, 1.54) is 0 Å². The van der Waals surface area contributed by atoms with Crippen molar-refractivity contribution in [2.75, 3.05) is 11.4 Å². The van der Waals surface area contributed by atoms with Crippen molar-refractivity contribution >= 4 is 12.0 Å². The van der Waals surface area contributed by atoms with Crippen molar-refractivity contribution in [2.24, 2.45) is 0 Å². The van der Waals surface area contributed by atoms with Gasteiger partial charge in [-0.15, -0.1) is 0 Å². The smallest absolute Gasteiger partial charge is 0.199 e. The first kappa shape index (κ1) is 21.2. The number of piperidine rings is 1. The second kappa shape index (κ2) is 8.23. The maximum Gasteiger partial charge on any atom is 0.199 e. The molecule has 2 unspecified atom stereocenters. The van der Waals surface area contributed by atoms with Crippen LogP contribution in [0.25, 0.3) is 11.4 Å². The van der Waals surface area contributed by atoms with Crippen LogP contribution in [-0.2, 0) is 5.60 Å². The summed E-state index contributed by atoms with van der Waals surface area (Å²) in [7, 11) is 0. The van der Waals surface area contributed by atoms with E-state index >= 15 is 0 Å². The van der Waals surface area contributed by atoms with E-state index in [0.29, 0.717) is 35.3 Å². The van der Waals surface area contributed by atoms with Gasteiger partial charge in [0.1, 0.15) is 17.1 Å². The Morgan fingerprint density at radius 3 is 2.58 bits per heavy atom. The number of carbonyl (C=O) groups is 1. The van der Waals surface area contributed by atoms with Crippen molar-refractivity contribution in [1.29, 1.82) is 0 Å². The molecule has 4 rings (SSSR count). The third kappa shape index (κ3) is 4.10. The van der Waals surface area contributed by atoms with E-state index in [0.717, 1.165) is 30.4 Å². The molecule has 0 radical (unpaired) electrons.